The molecule has 0 aliphatic carbocycles. The van der Waals surface area contributed by atoms with Gasteiger partial charge in [-0.25, -0.2) is 22.8 Å². The van der Waals surface area contributed by atoms with E-state index in [0.29, 0.717) is 36.9 Å². The van der Waals surface area contributed by atoms with Crippen molar-refractivity contribution < 1.29 is 12.8 Å². The molecule has 1 saturated heterocycles. The quantitative estimate of drug-likeness (QED) is 0.383. The Morgan fingerprint density at radius 3 is 2.61 bits per heavy atom. The molecule has 11 heteroatoms. The summed E-state index contributed by atoms with van der Waals surface area (Å²) >= 11 is 0. The Kier molecular flexibility index (Phi) is 6.61. The van der Waals surface area contributed by atoms with Crippen molar-refractivity contribution in [2.75, 3.05) is 42.3 Å². The van der Waals surface area contributed by atoms with Crippen LogP contribution < -0.4 is 14.6 Å². The van der Waals surface area contributed by atoms with Gasteiger partial charge in [-0.3, -0.25) is 4.31 Å². The van der Waals surface area contributed by atoms with Crippen molar-refractivity contribution in [3.05, 3.63) is 78.6 Å². The number of halogens is 1. The van der Waals surface area contributed by atoms with Crippen LogP contribution in [0, 0.1) is 0 Å². The number of hydrazine groups is 1. The van der Waals surface area contributed by atoms with Gasteiger partial charge in [0, 0.05) is 44.5 Å². The van der Waals surface area contributed by atoms with Crippen molar-refractivity contribution in [2.45, 2.75) is 12.8 Å². The van der Waals surface area contributed by atoms with E-state index in [0.717, 1.165) is 16.6 Å². The predicted octanol–water partition coefficient (Wildman–Crippen LogP) is 3.13. The van der Waals surface area contributed by atoms with Gasteiger partial charge in [0.25, 0.3) is 0 Å². The summed E-state index contributed by atoms with van der Waals surface area (Å²) in [6, 6.07) is 18.8. The van der Waals surface area contributed by atoms with E-state index in [2.05, 4.69) is 10.3 Å². The summed E-state index contributed by atoms with van der Waals surface area (Å²) < 4.78 is 42.6. The Morgan fingerprint density at radius 1 is 1.11 bits per heavy atom. The van der Waals surface area contributed by atoms with Gasteiger partial charge in [0.1, 0.15) is 5.65 Å². The first-order chi connectivity index (χ1) is 17.3. The normalized spacial score (nSPS) is 16.8. The van der Waals surface area contributed by atoms with Gasteiger partial charge in [-0.1, -0.05) is 36.4 Å². The van der Waals surface area contributed by atoms with Gasteiger partial charge in [0.2, 0.25) is 16.0 Å². The van der Waals surface area contributed by atoms with E-state index in [1.165, 1.54) is 10.6 Å². The molecular weight excluding hydrogens is 481 g/mol. The topological polar surface area (TPSA) is 86.6 Å². The van der Waals surface area contributed by atoms with Gasteiger partial charge >= 0.3 is 0 Å². The summed E-state index contributed by atoms with van der Waals surface area (Å²) in [5.41, 5.74) is 2.86. The van der Waals surface area contributed by atoms with Gasteiger partial charge < -0.3 is 9.88 Å². The molecule has 3 heterocycles. The van der Waals surface area contributed by atoms with Crippen LogP contribution in [-0.2, 0) is 16.6 Å². The summed E-state index contributed by atoms with van der Waals surface area (Å²) in [5.74, 6) is 0.361. The first-order valence-corrected chi connectivity index (χ1v) is 13.5. The molecule has 36 heavy (non-hydrogen) atoms. The monoisotopic (exact) mass is 509 g/mol. The summed E-state index contributed by atoms with van der Waals surface area (Å²) in [7, 11) is -1.88. The van der Waals surface area contributed by atoms with E-state index in [4.69, 9.17) is 4.98 Å². The second-order valence-electron chi connectivity index (χ2n) is 8.70. The molecule has 1 N–H and O–H groups in total. The zero-order valence-electron chi connectivity index (χ0n) is 20.1. The molecule has 0 spiro atoms. The molecule has 0 amide bonds. The number of aromatic nitrogens is 3. The fraction of sp³-hybridized carbons (Fsp3) is 0.280. The van der Waals surface area contributed by atoms with Gasteiger partial charge in [-0.15, -0.1) is 0 Å². The van der Waals surface area contributed by atoms with Crippen LogP contribution in [0.25, 0.3) is 11.0 Å². The number of piperazine rings is 1. The van der Waals surface area contributed by atoms with Crippen LogP contribution in [0.5, 0.6) is 0 Å². The van der Waals surface area contributed by atoms with E-state index >= 15 is 4.39 Å². The third-order valence-electron chi connectivity index (χ3n) is 6.26. The van der Waals surface area contributed by atoms with E-state index in [1.54, 1.807) is 29.3 Å². The van der Waals surface area contributed by atoms with Crippen LogP contribution in [0.3, 0.4) is 0 Å². The van der Waals surface area contributed by atoms with Crippen molar-refractivity contribution in [1.82, 2.24) is 24.9 Å². The highest BCUT2D eigenvalue weighted by molar-refractivity contribution is 7.92. The molecule has 0 radical (unpaired) electrons. The smallest absolute Gasteiger partial charge is 0.247 e. The summed E-state index contributed by atoms with van der Waals surface area (Å²) in [4.78, 5) is 9.44. The Hall–Kier alpha value is -3.54. The van der Waals surface area contributed by atoms with Gasteiger partial charge in [0.05, 0.1) is 24.2 Å². The fourth-order valence-corrected chi connectivity index (χ4v) is 4.87. The lowest BCUT2D eigenvalue weighted by Gasteiger charge is -2.39. The number of nitrogens with one attached hydrogen (secondary N) is 1. The number of sulfonamides is 1. The molecule has 1 fully saturated rings. The number of alkyl halides is 1. The van der Waals surface area contributed by atoms with Gasteiger partial charge in [-0.2, -0.15) is 9.99 Å². The average Bonchev–Trinajstić information content (AvgIpc) is 3.27. The number of anilines is 3. The lowest BCUT2D eigenvalue weighted by atomic mass is 10.2. The second kappa shape index (κ2) is 9.84. The molecule has 188 valence electrons. The molecular formula is C25H28FN7O2S. The van der Waals surface area contributed by atoms with Crippen LogP contribution in [0.1, 0.15) is 5.56 Å². The molecule has 1 atom stereocenters. The van der Waals surface area contributed by atoms with Crippen LogP contribution in [0.15, 0.2) is 73.1 Å². The highest BCUT2D eigenvalue weighted by Crippen LogP contribution is 2.29. The Labute approximate surface area is 209 Å². The Morgan fingerprint density at radius 2 is 1.86 bits per heavy atom. The van der Waals surface area contributed by atoms with Crippen molar-refractivity contribution in [3.8, 4) is 0 Å². The molecule has 2 aromatic heterocycles. The Bertz CT molecular complexity index is 1460. The number of hydrogen-bond acceptors (Lipinski definition) is 7. The molecule has 1 unspecified atom stereocenters. The maximum absolute atomic E-state index is 15.0. The number of nitrogens with zero attached hydrogens (tertiary/aromatic N) is 6. The molecule has 1 aliphatic heterocycles. The van der Waals surface area contributed by atoms with Crippen molar-refractivity contribution in [1.29, 1.82) is 0 Å². The molecule has 9 nitrogen and oxygen atoms in total. The van der Waals surface area contributed by atoms with Gasteiger partial charge in [0.15, 0.2) is 6.30 Å². The lowest BCUT2D eigenvalue weighted by molar-refractivity contribution is 0.0577. The maximum Gasteiger partial charge on any atom is 0.247 e. The molecule has 2 aromatic carbocycles. The molecule has 0 bridgehead atoms. The summed E-state index contributed by atoms with van der Waals surface area (Å²) in [5, 5.41) is 7.27. The third kappa shape index (κ3) is 4.77. The van der Waals surface area contributed by atoms with Crippen LogP contribution in [0.4, 0.5) is 21.7 Å². The van der Waals surface area contributed by atoms with E-state index < -0.39 is 16.3 Å². The number of rotatable bonds is 7. The first-order valence-electron chi connectivity index (χ1n) is 11.6. The van der Waals surface area contributed by atoms with E-state index in [9.17, 15) is 8.42 Å². The SMILES string of the molecule is CN(c1ccccc1Cn1ccc2cnc(N(c3ccccc3)N3CCNCC3F)nc21)S(C)(=O)=O. The van der Waals surface area contributed by atoms with E-state index in [-0.39, 0.29) is 6.54 Å². The predicted molar refractivity (Wildman–Crippen MR) is 139 cm³/mol. The van der Waals surface area contributed by atoms with E-state index in [1.807, 2.05) is 65.4 Å². The minimum atomic E-state index is -3.42. The second-order valence-corrected chi connectivity index (χ2v) is 10.7. The largest absolute Gasteiger partial charge is 0.328 e. The van der Waals surface area contributed by atoms with Gasteiger partial charge in [-0.05, 0) is 29.8 Å². The molecule has 5 rings (SSSR count). The van der Waals surface area contributed by atoms with Crippen LogP contribution in [0.2, 0.25) is 0 Å². The fourth-order valence-electron chi connectivity index (χ4n) is 4.34. The Balaban J connectivity index is 1.56. The first kappa shape index (κ1) is 24.2. The number of para-hydroxylation sites is 2. The van der Waals surface area contributed by atoms with Crippen molar-refractivity contribution >= 4 is 38.4 Å². The third-order valence-corrected chi connectivity index (χ3v) is 7.45. The lowest BCUT2D eigenvalue weighted by Crippen LogP contribution is -2.55. The standard InChI is InChI=1S/C25H28FN7O2S/c1-30(36(2,34)35)22-11-7-6-8-20(22)18-31-14-12-19-16-28-25(29-24(19)31)33(21-9-4-3-5-10-21)32-15-13-27-17-23(32)26/h3-12,14,16,23,27H,13,15,17-18H2,1-2H3. The van der Waals surface area contributed by atoms with Crippen LogP contribution in [-0.4, -0.2) is 67.2 Å². The highest BCUT2D eigenvalue weighted by Gasteiger charge is 2.30. The minimum absolute atomic E-state index is 0.215. The summed E-state index contributed by atoms with van der Waals surface area (Å²) in [6.45, 7) is 1.73. The molecule has 1 aliphatic rings. The molecule has 0 saturated carbocycles. The van der Waals surface area contributed by atoms with Crippen molar-refractivity contribution in [3.63, 3.8) is 0 Å². The molecule has 4 aromatic rings. The number of fused-ring (bicyclic) bond motifs is 1. The maximum atomic E-state index is 15.0. The number of benzene rings is 2. The zero-order chi connectivity index (χ0) is 25.3. The zero-order valence-corrected chi connectivity index (χ0v) is 20.9. The number of hydrogen-bond donors (Lipinski definition) is 1. The summed E-state index contributed by atoms with van der Waals surface area (Å²) in [6.07, 6.45) is 3.58. The average molecular weight is 510 g/mol. The minimum Gasteiger partial charge on any atom is -0.328 e. The van der Waals surface area contributed by atoms with Crippen LogP contribution >= 0.6 is 0 Å². The highest BCUT2D eigenvalue weighted by atomic mass is 32.2. The van der Waals surface area contributed by atoms with Crippen molar-refractivity contribution in [2.24, 2.45) is 0 Å².